The van der Waals surface area contributed by atoms with Gasteiger partial charge in [0.05, 0.1) is 13.2 Å². The topological polar surface area (TPSA) is 43.5 Å². The summed E-state index contributed by atoms with van der Waals surface area (Å²) in [7, 11) is 0. The van der Waals surface area contributed by atoms with Crippen LogP contribution in [0.5, 0.6) is 11.5 Å². The third kappa shape index (κ3) is 5.30. The molecule has 2 aliphatic rings. The predicted molar refractivity (Wildman–Crippen MR) is 107 cm³/mol. The minimum Gasteiger partial charge on any atom is -0.491 e. The largest absolute Gasteiger partial charge is 0.491 e. The highest BCUT2D eigenvalue weighted by atomic mass is 16.6. The van der Waals surface area contributed by atoms with Crippen LogP contribution in [0.2, 0.25) is 0 Å². The van der Waals surface area contributed by atoms with Gasteiger partial charge in [-0.15, -0.1) is 0 Å². The Morgan fingerprint density at radius 1 is 0.786 bits per heavy atom. The SMILES string of the molecule is Cc1cc(OCC2CO2)ccc1C#CC#Cc1ccc(OCC2CO2)cc1C. The molecule has 0 radical (unpaired) electrons. The molecule has 2 heterocycles. The van der Waals surface area contributed by atoms with Gasteiger partial charge in [-0.05, 0) is 73.2 Å². The summed E-state index contributed by atoms with van der Waals surface area (Å²) in [5, 5.41) is 0. The van der Waals surface area contributed by atoms with Crippen LogP contribution in [0.3, 0.4) is 0 Å². The van der Waals surface area contributed by atoms with Crippen LogP contribution in [0.25, 0.3) is 0 Å². The Balaban J connectivity index is 1.36. The van der Waals surface area contributed by atoms with E-state index in [-0.39, 0.29) is 12.2 Å². The first-order chi connectivity index (χ1) is 13.7. The standard InChI is InChI=1S/C24H22O4/c1-17-11-21(25-13-23-15-27-23)9-7-19(17)5-3-4-6-20-8-10-22(12-18(20)2)26-14-24-16-28-24/h7-12,23-24H,13-16H2,1-2H3. The quantitative estimate of drug-likeness (QED) is 0.575. The Morgan fingerprint density at radius 2 is 1.21 bits per heavy atom. The highest BCUT2D eigenvalue weighted by molar-refractivity contribution is 5.51. The second kappa shape index (κ2) is 8.40. The van der Waals surface area contributed by atoms with Crippen molar-refractivity contribution in [2.24, 2.45) is 0 Å². The third-order valence-electron chi connectivity index (χ3n) is 4.53. The Labute approximate surface area is 165 Å². The summed E-state index contributed by atoms with van der Waals surface area (Å²) in [6.45, 7) is 6.85. The Hall–Kier alpha value is -2.92. The maximum atomic E-state index is 5.69. The van der Waals surface area contributed by atoms with Crippen LogP contribution in [0, 0.1) is 37.5 Å². The maximum absolute atomic E-state index is 5.69. The normalized spacial score (nSPS) is 18.9. The lowest BCUT2D eigenvalue weighted by Crippen LogP contribution is -2.04. The summed E-state index contributed by atoms with van der Waals surface area (Å²) in [6, 6.07) is 11.8. The lowest BCUT2D eigenvalue weighted by molar-refractivity contribution is 0.263. The van der Waals surface area contributed by atoms with Crippen molar-refractivity contribution in [3.63, 3.8) is 0 Å². The van der Waals surface area contributed by atoms with Crippen LogP contribution in [-0.2, 0) is 9.47 Å². The molecule has 2 unspecified atom stereocenters. The molecule has 2 atom stereocenters. The first-order valence-electron chi connectivity index (χ1n) is 9.39. The molecule has 2 saturated heterocycles. The van der Waals surface area contributed by atoms with Crippen molar-refractivity contribution in [3.05, 3.63) is 58.7 Å². The van der Waals surface area contributed by atoms with Gasteiger partial charge in [0.2, 0.25) is 0 Å². The van der Waals surface area contributed by atoms with Crippen molar-refractivity contribution in [2.75, 3.05) is 26.4 Å². The first kappa shape index (κ1) is 18.4. The fraction of sp³-hybridized carbons (Fsp3) is 0.333. The second-order valence-electron chi connectivity index (χ2n) is 6.99. The van der Waals surface area contributed by atoms with Crippen LogP contribution in [0.1, 0.15) is 22.3 Å². The van der Waals surface area contributed by atoms with E-state index in [1.54, 1.807) is 0 Å². The Bertz CT molecular complexity index is 898. The maximum Gasteiger partial charge on any atom is 0.119 e. The van der Waals surface area contributed by atoms with E-state index in [1.807, 2.05) is 50.2 Å². The third-order valence-corrected chi connectivity index (χ3v) is 4.53. The van der Waals surface area contributed by atoms with Crippen LogP contribution < -0.4 is 9.47 Å². The number of epoxide rings is 2. The van der Waals surface area contributed by atoms with Crippen molar-refractivity contribution in [3.8, 4) is 35.2 Å². The summed E-state index contributed by atoms with van der Waals surface area (Å²) >= 11 is 0. The van der Waals surface area contributed by atoms with E-state index < -0.39 is 0 Å². The van der Waals surface area contributed by atoms with Gasteiger partial charge in [-0.1, -0.05) is 11.8 Å². The van der Waals surface area contributed by atoms with Crippen molar-refractivity contribution >= 4 is 0 Å². The van der Waals surface area contributed by atoms with E-state index in [4.69, 9.17) is 18.9 Å². The van der Waals surface area contributed by atoms with Gasteiger partial charge in [-0.3, -0.25) is 0 Å². The van der Waals surface area contributed by atoms with Gasteiger partial charge in [0.15, 0.2) is 0 Å². The molecule has 0 N–H and O–H groups in total. The lowest BCUT2D eigenvalue weighted by Gasteiger charge is -2.06. The Morgan fingerprint density at radius 3 is 1.57 bits per heavy atom. The number of hydrogen-bond acceptors (Lipinski definition) is 4. The number of ether oxygens (including phenoxy) is 4. The summed E-state index contributed by atoms with van der Waals surface area (Å²) in [5.41, 5.74) is 4.04. The zero-order valence-corrected chi connectivity index (χ0v) is 16.1. The van der Waals surface area contributed by atoms with Crippen LogP contribution in [0.15, 0.2) is 36.4 Å². The summed E-state index contributed by atoms with van der Waals surface area (Å²) < 4.78 is 21.7. The first-order valence-corrected chi connectivity index (χ1v) is 9.39. The van der Waals surface area contributed by atoms with Crippen LogP contribution in [-0.4, -0.2) is 38.6 Å². The zero-order valence-electron chi connectivity index (χ0n) is 16.1. The zero-order chi connectivity index (χ0) is 19.3. The molecule has 0 bridgehead atoms. The molecule has 0 saturated carbocycles. The predicted octanol–water partition coefficient (Wildman–Crippen LogP) is 3.26. The van der Waals surface area contributed by atoms with Gasteiger partial charge in [-0.2, -0.15) is 0 Å². The van der Waals surface area contributed by atoms with Crippen molar-refractivity contribution in [2.45, 2.75) is 26.1 Å². The second-order valence-corrected chi connectivity index (χ2v) is 6.99. The number of benzene rings is 2. The average Bonchev–Trinajstić information content (AvgIpc) is 3.59. The monoisotopic (exact) mass is 374 g/mol. The van der Waals surface area contributed by atoms with Gasteiger partial charge in [0.25, 0.3) is 0 Å². The average molecular weight is 374 g/mol. The molecule has 0 spiro atoms. The van der Waals surface area contributed by atoms with E-state index >= 15 is 0 Å². The summed E-state index contributed by atoms with van der Waals surface area (Å²) in [5.74, 6) is 13.8. The van der Waals surface area contributed by atoms with Gasteiger partial charge >= 0.3 is 0 Å². The smallest absolute Gasteiger partial charge is 0.119 e. The number of hydrogen-bond donors (Lipinski definition) is 0. The minimum absolute atomic E-state index is 0.256. The molecular formula is C24H22O4. The van der Waals surface area contributed by atoms with Gasteiger partial charge in [0.1, 0.15) is 36.9 Å². The highest BCUT2D eigenvalue weighted by Crippen LogP contribution is 2.20. The molecule has 28 heavy (non-hydrogen) atoms. The fourth-order valence-corrected chi connectivity index (χ4v) is 2.64. The highest BCUT2D eigenvalue weighted by Gasteiger charge is 2.23. The molecule has 2 aliphatic heterocycles. The number of rotatable bonds is 6. The van der Waals surface area contributed by atoms with E-state index in [2.05, 4.69) is 23.7 Å². The molecule has 142 valence electrons. The summed E-state index contributed by atoms with van der Waals surface area (Å²) in [4.78, 5) is 0. The van der Waals surface area contributed by atoms with E-state index in [9.17, 15) is 0 Å². The van der Waals surface area contributed by atoms with Crippen LogP contribution in [0.4, 0.5) is 0 Å². The molecule has 0 amide bonds. The van der Waals surface area contributed by atoms with Gasteiger partial charge in [-0.25, -0.2) is 0 Å². The molecule has 4 heteroatoms. The van der Waals surface area contributed by atoms with E-state index in [0.29, 0.717) is 13.2 Å². The van der Waals surface area contributed by atoms with Crippen molar-refractivity contribution < 1.29 is 18.9 Å². The van der Waals surface area contributed by atoms with Gasteiger partial charge < -0.3 is 18.9 Å². The molecule has 2 fully saturated rings. The van der Waals surface area contributed by atoms with E-state index in [0.717, 1.165) is 47.0 Å². The summed E-state index contributed by atoms with van der Waals surface area (Å²) in [6.07, 6.45) is 0.512. The number of aryl methyl sites for hydroxylation is 2. The van der Waals surface area contributed by atoms with Crippen LogP contribution >= 0.6 is 0 Å². The molecule has 2 aromatic rings. The van der Waals surface area contributed by atoms with Gasteiger partial charge in [0, 0.05) is 11.1 Å². The van der Waals surface area contributed by atoms with Crippen molar-refractivity contribution in [1.82, 2.24) is 0 Å². The molecular weight excluding hydrogens is 352 g/mol. The molecule has 0 aromatic heterocycles. The Kier molecular flexibility index (Phi) is 5.53. The fourth-order valence-electron chi connectivity index (χ4n) is 2.64. The lowest BCUT2D eigenvalue weighted by atomic mass is 10.1. The minimum atomic E-state index is 0.256. The molecule has 2 aromatic carbocycles. The van der Waals surface area contributed by atoms with E-state index in [1.165, 1.54) is 0 Å². The molecule has 0 aliphatic carbocycles. The van der Waals surface area contributed by atoms with Crippen molar-refractivity contribution in [1.29, 1.82) is 0 Å². The molecule has 4 rings (SSSR count). The molecule has 4 nitrogen and oxygen atoms in total.